The molecule has 2 amide bonds. The molecule has 4 rings (SSSR count). The molecule has 8 nitrogen and oxygen atoms in total. The van der Waals surface area contributed by atoms with E-state index in [1.165, 1.54) is 4.90 Å². The van der Waals surface area contributed by atoms with Gasteiger partial charge in [-0.2, -0.15) is 0 Å². The van der Waals surface area contributed by atoms with Gasteiger partial charge in [0, 0.05) is 38.2 Å². The van der Waals surface area contributed by atoms with Crippen LogP contribution in [0.3, 0.4) is 0 Å². The fourth-order valence-corrected chi connectivity index (χ4v) is 5.39. The summed E-state index contributed by atoms with van der Waals surface area (Å²) in [5, 5.41) is 10.6. The lowest BCUT2D eigenvalue weighted by atomic mass is 9.85. The summed E-state index contributed by atoms with van der Waals surface area (Å²) in [6.45, 7) is 7.79. The topological polar surface area (TPSA) is 99.8 Å². The Hall–Kier alpha value is -2.64. The first kappa shape index (κ1) is 20.6. The number of rotatable bonds is 7. The van der Waals surface area contributed by atoms with Crippen LogP contribution < -0.4 is 10.6 Å². The van der Waals surface area contributed by atoms with Gasteiger partial charge in [-0.25, -0.2) is 0 Å². The quantitative estimate of drug-likeness (QED) is 0.232. The highest BCUT2D eigenvalue weighted by Crippen LogP contribution is 2.52. The third-order valence-corrected chi connectivity index (χ3v) is 6.79. The van der Waals surface area contributed by atoms with Crippen molar-refractivity contribution in [2.24, 2.45) is 28.7 Å². The molecule has 5 unspecified atom stereocenters. The Morgan fingerprint density at radius 2 is 1.90 bits per heavy atom. The lowest BCUT2D eigenvalue weighted by Crippen LogP contribution is -2.41. The summed E-state index contributed by atoms with van der Waals surface area (Å²) in [7, 11) is 1.73. The van der Waals surface area contributed by atoms with Gasteiger partial charge in [-0.15, -0.1) is 0 Å². The van der Waals surface area contributed by atoms with E-state index in [1.807, 2.05) is 13.8 Å². The van der Waals surface area contributed by atoms with Crippen molar-refractivity contribution in [3.8, 4) is 0 Å². The van der Waals surface area contributed by atoms with Crippen LogP contribution in [0.1, 0.15) is 42.7 Å². The lowest BCUT2D eigenvalue weighted by molar-refractivity contribution is -0.140. The van der Waals surface area contributed by atoms with Crippen molar-refractivity contribution in [3.63, 3.8) is 0 Å². The molecule has 2 N–H and O–H groups in total. The highest BCUT2D eigenvalue weighted by Gasteiger charge is 2.58. The molecule has 8 heteroatoms. The lowest BCUT2D eigenvalue weighted by Gasteiger charge is -2.18. The maximum Gasteiger partial charge on any atom is 0.233 e. The summed E-state index contributed by atoms with van der Waals surface area (Å²) in [5.41, 5.74) is 2.04. The number of fused-ring (bicyclic) bond motifs is 5. The van der Waals surface area contributed by atoms with Crippen molar-refractivity contribution in [2.75, 3.05) is 26.7 Å². The second-order valence-corrected chi connectivity index (χ2v) is 8.70. The van der Waals surface area contributed by atoms with Crippen molar-refractivity contribution in [1.29, 1.82) is 0 Å². The summed E-state index contributed by atoms with van der Waals surface area (Å²) in [4.78, 5) is 31.2. The predicted octanol–water partition coefficient (Wildman–Crippen LogP) is 1.76. The van der Waals surface area contributed by atoms with E-state index in [-0.39, 0.29) is 41.4 Å². The zero-order valence-corrected chi connectivity index (χ0v) is 18.1. The number of hydrogen-bond donors (Lipinski definition) is 2. The molecule has 0 aromatic carbocycles. The predicted molar refractivity (Wildman–Crippen MR) is 113 cm³/mol. The van der Waals surface area contributed by atoms with Crippen molar-refractivity contribution < 1.29 is 14.1 Å². The largest absolute Gasteiger partial charge is 0.361 e. The highest BCUT2D eigenvalue weighted by atomic mass is 16.5. The van der Waals surface area contributed by atoms with E-state index in [2.05, 4.69) is 39.9 Å². The number of imide groups is 1. The van der Waals surface area contributed by atoms with Crippen LogP contribution >= 0.6 is 0 Å². The van der Waals surface area contributed by atoms with Gasteiger partial charge >= 0.3 is 0 Å². The Kier molecular flexibility index (Phi) is 5.66. The Balaban J connectivity index is 1.21. The number of aliphatic imine (C=N–C) groups is 1. The fraction of sp³-hybridized carbons (Fsp3) is 0.636. The maximum atomic E-state index is 12.7. The van der Waals surface area contributed by atoms with Crippen LogP contribution in [0.15, 0.2) is 21.7 Å². The van der Waals surface area contributed by atoms with E-state index in [9.17, 15) is 9.59 Å². The first-order valence-electron chi connectivity index (χ1n) is 10.8. The molecule has 2 fully saturated rings. The molecular formula is C22H31N5O3. The first-order valence-corrected chi connectivity index (χ1v) is 10.8. The number of hydrogen-bond acceptors (Lipinski definition) is 5. The van der Waals surface area contributed by atoms with Crippen molar-refractivity contribution in [3.05, 3.63) is 29.2 Å². The van der Waals surface area contributed by atoms with E-state index >= 15 is 0 Å². The minimum Gasteiger partial charge on any atom is -0.361 e. The monoisotopic (exact) mass is 413 g/mol. The first-order chi connectivity index (χ1) is 14.4. The van der Waals surface area contributed by atoms with Crippen LogP contribution in [0.5, 0.6) is 0 Å². The van der Waals surface area contributed by atoms with Gasteiger partial charge in [0.2, 0.25) is 11.8 Å². The number of aromatic nitrogens is 1. The van der Waals surface area contributed by atoms with Gasteiger partial charge in [-0.05, 0) is 38.5 Å². The van der Waals surface area contributed by atoms with Crippen LogP contribution in [0, 0.1) is 37.5 Å². The van der Waals surface area contributed by atoms with E-state index in [1.54, 1.807) is 7.05 Å². The SMILES string of the molecule is CN=C(NCCCN1C(=O)C2C3C=CC(C3)C2C1=O)NCC(C)c1c(C)noc1C. The molecule has 2 bridgehead atoms. The third kappa shape index (κ3) is 3.52. The van der Waals surface area contributed by atoms with Crippen LogP contribution in [0.2, 0.25) is 0 Å². The number of nitrogens with one attached hydrogen (secondary N) is 2. The second-order valence-electron chi connectivity index (χ2n) is 8.70. The summed E-state index contributed by atoms with van der Waals surface area (Å²) in [6.07, 6.45) is 5.92. The Morgan fingerprint density at radius 3 is 2.47 bits per heavy atom. The Morgan fingerprint density at radius 1 is 1.23 bits per heavy atom. The Bertz CT molecular complexity index is 840. The number of guanidine groups is 1. The molecule has 1 saturated carbocycles. The van der Waals surface area contributed by atoms with Gasteiger partial charge in [0.15, 0.2) is 5.96 Å². The third-order valence-electron chi connectivity index (χ3n) is 6.79. The van der Waals surface area contributed by atoms with Gasteiger partial charge in [0.25, 0.3) is 0 Å². The van der Waals surface area contributed by atoms with E-state index in [0.717, 1.165) is 23.4 Å². The molecule has 2 heterocycles. The van der Waals surface area contributed by atoms with Crippen LogP contribution in [-0.2, 0) is 9.59 Å². The van der Waals surface area contributed by atoms with E-state index in [0.29, 0.717) is 32.0 Å². The van der Waals surface area contributed by atoms with E-state index in [4.69, 9.17) is 4.52 Å². The average Bonchev–Trinajstić information content (AvgIpc) is 3.47. The zero-order chi connectivity index (χ0) is 21.4. The van der Waals surface area contributed by atoms with Gasteiger partial charge in [-0.3, -0.25) is 19.5 Å². The number of carbonyl (C=O) groups is 2. The molecule has 3 aliphatic rings. The molecule has 30 heavy (non-hydrogen) atoms. The van der Waals surface area contributed by atoms with Gasteiger partial charge in [0.05, 0.1) is 17.5 Å². The van der Waals surface area contributed by atoms with Crippen LogP contribution in [0.25, 0.3) is 0 Å². The number of amides is 2. The van der Waals surface area contributed by atoms with Gasteiger partial charge in [-0.1, -0.05) is 24.2 Å². The van der Waals surface area contributed by atoms with Gasteiger partial charge < -0.3 is 15.2 Å². The fourth-order valence-electron chi connectivity index (χ4n) is 5.39. The molecular weight excluding hydrogens is 382 g/mol. The summed E-state index contributed by atoms with van der Waals surface area (Å²) in [6, 6.07) is 0. The second kappa shape index (κ2) is 8.24. The van der Waals surface area contributed by atoms with Crippen molar-refractivity contribution >= 4 is 17.8 Å². The number of nitrogens with zero attached hydrogens (tertiary/aromatic N) is 3. The smallest absolute Gasteiger partial charge is 0.233 e. The minimum atomic E-state index is -0.110. The van der Waals surface area contributed by atoms with Crippen LogP contribution in [-0.4, -0.2) is 54.5 Å². The summed E-state index contributed by atoms with van der Waals surface area (Å²) < 4.78 is 5.25. The zero-order valence-electron chi connectivity index (χ0n) is 18.1. The molecule has 1 aromatic heterocycles. The molecule has 1 aliphatic heterocycles. The molecule has 1 saturated heterocycles. The van der Waals surface area contributed by atoms with Crippen LogP contribution in [0.4, 0.5) is 0 Å². The molecule has 5 atom stereocenters. The molecule has 1 aromatic rings. The normalized spacial score (nSPS) is 28.4. The maximum absolute atomic E-state index is 12.7. The standard InChI is InChI=1S/C22H31N5O3/c1-12(17-13(2)26-30-14(17)3)11-25-22(23-4)24-8-5-9-27-20(28)18-15-6-7-16(10-15)19(18)21(27)29/h6-7,12,15-16,18-19H,5,8-11H2,1-4H3,(H2,23,24,25). The van der Waals surface area contributed by atoms with Crippen molar-refractivity contribution in [1.82, 2.24) is 20.7 Å². The highest BCUT2D eigenvalue weighted by molar-refractivity contribution is 6.06. The number of aryl methyl sites for hydroxylation is 2. The number of carbonyl (C=O) groups excluding carboxylic acids is 2. The molecule has 2 aliphatic carbocycles. The van der Waals surface area contributed by atoms with Crippen molar-refractivity contribution in [2.45, 2.75) is 39.5 Å². The number of allylic oxidation sites excluding steroid dienone is 2. The molecule has 0 radical (unpaired) electrons. The Labute approximate surface area is 177 Å². The average molecular weight is 414 g/mol. The molecule has 0 spiro atoms. The van der Waals surface area contributed by atoms with E-state index < -0.39 is 0 Å². The number of likely N-dealkylation sites (tertiary alicyclic amines) is 1. The van der Waals surface area contributed by atoms with Gasteiger partial charge in [0.1, 0.15) is 5.76 Å². The summed E-state index contributed by atoms with van der Waals surface area (Å²) in [5.74, 6) is 2.14. The molecule has 162 valence electrons. The minimum absolute atomic E-state index is 0.0256. The summed E-state index contributed by atoms with van der Waals surface area (Å²) >= 11 is 0.